The lowest BCUT2D eigenvalue weighted by molar-refractivity contribution is 0.284. The summed E-state index contributed by atoms with van der Waals surface area (Å²) in [6, 6.07) is 13.1. The van der Waals surface area contributed by atoms with Gasteiger partial charge in [0.2, 0.25) is 0 Å². The Kier molecular flexibility index (Phi) is 5.54. The number of methoxy groups -OCH3 is 1. The number of hydrogen-bond acceptors (Lipinski definition) is 5. The molecule has 152 valence electrons. The van der Waals surface area contributed by atoms with Gasteiger partial charge in [-0.05, 0) is 41.5 Å². The van der Waals surface area contributed by atoms with Crippen molar-refractivity contribution < 1.29 is 9.47 Å². The molecule has 0 spiro atoms. The summed E-state index contributed by atoms with van der Waals surface area (Å²) in [5.41, 5.74) is 2.18. The summed E-state index contributed by atoms with van der Waals surface area (Å²) in [5, 5.41) is 5.21. The van der Waals surface area contributed by atoms with E-state index >= 15 is 0 Å². The van der Waals surface area contributed by atoms with Gasteiger partial charge in [-0.1, -0.05) is 35.9 Å². The van der Waals surface area contributed by atoms with Crippen LogP contribution in [0.25, 0.3) is 23.2 Å². The zero-order valence-electron chi connectivity index (χ0n) is 16.4. The fourth-order valence-corrected chi connectivity index (χ4v) is 3.08. The fourth-order valence-electron chi connectivity index (χ4n) is 2.95. The van der Waals surface area contributed by atoms with Gasteiger partial charge in [-0.3, -0.25) is 9.48 Å². The second-order valence-electron chi connectivity index (χ2n) is 6.62. The second-order valence-corrected chi connectivity index (χ2v) is 7.05. The number of halogens is 1. The van der Waals surface area contributed by atoms with Crippen molar-refractivity contribution in [2.45, 2.75) is 6.61 Å². The van der Waals surface area contributed by atoms with Crippen LogP contribution in [-0.2, 0) is 13.7 Å². The Morgan fingerprint density at radius 3 is 2.70 bits per heavy atom. The monoisotopic (exact) mass is 422 g/mol. The lowest BCUT2D eigenvalue weighted by atomic mass is 10.2. The average molecular weight is 423 g/mol. The molecule has 30 heavy (non-hydrogen) atoms. The topological polar surface area (TPSA) is 82.0 Å². The molecule has 0 saturated heterocycles. The van der Waals surface area contributed by atoms with Crippen molar-refractivity contribution in [3.63, 3.8) is 0 Å². The number of nitrogens with one attached hydrogen (secondary N) is 1. The highest BCUT2D eigenvalue weighted by Gasteiger charge is 2.08. The summed E-state index contributed by atoms with van der Waals surface area (Å²) in [6.45, 7) is 0.401. The molecule has 0 radical (unpaired) electrons. The summed E-state index contributed by atoms with van der Waals surface area (Å²) in [6.07, 6.45) is 5.07. The number of rotatable bonds is 6. The van der Waals surface area contributed by atoms with Crippen LogP contribution in [0.4, 0.5) is 0 Å². The molecule has 0 atom stereocenters. The van der Waals surface area contributed by atoms with Gasteiger partial charge in [0.05, 0.1) is 13.3 Å². The average Bonchev–Trinajstić information content (AvgIpc) is 3.13. The minimum absolute atomic E-state index is 0.226. The Hall–Kier alpha value is -3.58. The van der Waals surface area contributed by atoms with E-state index in [1.807, 2.05) is 48.5 Å². The van der Waals surface area contributed by atoms with Crippen molar-refractivity contribution in [3.05, 3.63) is 81.0 Å². The number of hydrogen-bond donors (Lipinski definition) is 1. The van der Waals surface area contributed by atoms with Gasteiger partial charge in [-0.25, -0.2) is 4.98 Å². The largest absolute Gasteiger partial charge is 0.493 e. The van der Waals surface area contributed by atoms with Crippen molar-refractivity contribution >= 4 is 34.8 Å². The van der Waals surface area contributed by atoms with Gasteiger partial charge in [0.25, 0.3) is 5.56 Å². The van der Waals surface area contributed by atoms with Crippen molar-refractivity contribution in [1.29, 1.82) is 0 Å². The quantitative estimate of drug-likeness (QED) is 0.506. The van der Waals surface area contributed by atoms with Crippen molar-refractivity contribution in [2.75, 3.05) is 7.11 Å². The van der Waals surface area contributed by atoms with E-state index in [9.17, 15) is 4.79 Å². The molecule has 0 amide bonds. The van der Waals surface area contributed by atoms with Crippen molar-refractivity contribution in [1.82, 2.24) is 19.7 Å². The lowest BCUT2D eigenvalue weighted by Crippen LogP contribution is -2.09. The van der Waals surface area contributed by atoms with Crippen LogP contribution in [0.15, 0.2) is 53.5 Å². The van der Waals surface area contributed by atoms with Gasteiger partial charge in [0, 0.05) is 12.1 Å². The molecule has 7 nitrogen and oxygen atoms in total. The Morgan fingerprint density at radius 2 is 1.93 bits per heavy atom. The van der Waals surface area contributed by atoms with Gasteiger partial charge in [0.15, 0.2) is 17.1 Å². The maximum absolute atomic E-state index is 12.2. The minimum Gasteiger partial charge on any atom is -0.493 e. The molecule has 2 aromatic carbocycles. The highest BCUT2D eigenvalue weighted by atomic mass is 35.5. The highest BCUT2D eigenvalue weighted by molar-refractivity contribution is 6.30. The predicted molar refractivity (Wildman–Crippen MR) is 117 cm³/mol. The van der Waals surface area contributed by atoms with Crippen LogP contribution >= 0.6 is 11.6 Å². The Morgan fingerprint density at radius 1 is 1.13 bits per heavy atom. The summed E-state index contributed by atoms with van der Waals surface area (Å²) < 4.78 is 12.9. The SMILES string of the molecule is COc1cc(/C=C/c2nc3c(cnn3C)c(=O)[nH]2)ccc1OCc1ccc(Cl)cc1. The number of aryl methyl sites for hydroxylation is 1. The van der Waals surface area contributed by atoms with Gasteiger partial charge in [-0.2, -0.15) is 5.10 Å². The van der Waals surface area contributed by atoms with Gasteiger partial charge >= 0.3 is 0 Å². The summed E-state index contributed by atoms with van der Waals surface area (Å²) in [7, 11) is 3.34. The van der Waals surface area contributed by atoms with Crippen LogP contribution in [0.3, 0.4) is 0 Å². The zero-order valence-corrected chi connectivity index (χ0v) is 17.2. The molecule has 1 N–H and O–H groups in total. The summed E-state index contributed by atoms with van der Waals surface area (Å²) >= 11 is 5.91. The third kappa shape index (κ3) is 4.21. The molecular formula is C22H19ClN4O3. The van der Waals surface area contributed by atoms with E-state index in [1.165, 1.54) is 6.20 Å². The molecule has 0 saturated carbocycles. The number of nitrogens with zero attached hydrogens (tertiary/aromatic N) is 3. The van der Waals surface area contributed by atoms with E-state index in [4.69, 9.17) is 21.1 Å². The zero-order chi connectivity index (χ0) is 21.1. The number of aromatic nitrogens is 4. The highest BCUT2D eigenvalue weighted by Crippen LogP contribution is 2.29. The van der Waals surface area contributed by atoms with E-state index in [2.05, 4.69) is 15.1 Å². The first-order valence-corrected chi connectivity index (χ1v) is 9.56. The molecule has 0 aliphatic rings. The van der Waals surface area contributed by atoms with E-state index < -0.39 is 0 Å². The third-order valence-electron chi connectivity index (χ3n) is 4.55. The number of H-pyrrole nitrogens is 1. The van der Waals surface area contributed by atoms with Crippen molar-refractivity contribution in [2.24, 2.45) is 7.05 Å². The molecule has 2 aromatic heterocycles. The first kappa shape index (κ1) is 19.7. The van der Waals surface area contributed by atoms with Crippen LogP contribution in [0, 0.1) is 0 Å². The van der Waals surface area contributed by atoms with E-state index in [1.54, 1.807) is 24.9 Å². The molecule has 8 heteroatoms. The maximum Gasteiger partial charge on any atom is 0.262 e. The first-order valence-electron chi connectivity index (χ1n) is 9.19. The molecule has 0 unspecified atom stereocenters. The molecular weight excluding hydrogens is 404 g/mol. The maximum atomic E-state index is 12.2. The molecule has 0 fully saturated rings. The van der Waals surface area contributed by atoms with Crippen LogP contribution in [0.2, 0.25) is 5.02 Å². The van der Waals surface area contributed by atoms with Crippen molar-refractivity contribution in [3.8, 4) is 11.5 Å². The smallest absolute Gasteiger partial charge is 0.262 e. The van der Waals surface area contributed by atoms with Crippen LogP contribution in [0.5, 0.6) is 11.5 Å². The minimum atomic E-state index is -0.226. The number of fused-ring (bicyclic) bond motifs is 1. The summed E-state index contributed by atoms with van der Waals surface area (Å²) in [5.74, 6) is 1.68. The van der Waals surface area contributed by atoms with E-state index in [0.29, 0.717) is 40.0 Å². The van der Waals surface area contributed by atoms with E-state index in [0.717, 1.165) is 11.1 Å². The number of ether oxygens (including phenoxy) is 2. The molecule has 2 heterocycles. The summed E-state index contributed by atoms with van der Waals surface area (Å²) in [4.78, 5) is 19.3. The van der Waals surface area contributed by atoms with Crippen LogP contribution in [-0.4, -0.2) is 26.9 Å². The Bertz CT molecular complexity index is 1280. The lowest BCUT2D eigenvalue weighted by Gasteiger charge is -2.11. The standard InChI is InChI=1S/C22H19ClN4O3/c1-27-21-17(12-24-27)22(28)26-20(25-21)10-6-14-5-9-18(19(11-14)29-2)30-13-15-3-7-16(23)8-4-15/h3-12H,13H2,1-2H3,(H,25,26,28)/b10-6+. The molecule has 4 rings (SSSR count). The van der Waals surface area contributed by atoms with Gasteiger partial charge in [0.1, 0.15) is 17.8 Å². The predicted octanol–water partition coefficient (Wildman–Crippen LogP) is 4.07. The van der Waals surface area contributed by atoms with E-state index in [-0.39, 0.29) is 5.56 Å². The number of benzene rings is 2. The Balaban J connectivity index is 1.53. The number of aromatic amines is 1. The molecule has 0 aliphatic heterocycles. The van der Waals surface area contributed by atoms with Gasteiger partial charge in [-0.15, -0.1) is 0 Å². The normalized spacial score (nSPS) is 11.3. The van der Waals surface area contributed by atoms with Gasteiger partial charge < -0.3 is 14.5 Å². The Labute approximate surface area is 177 Å². The molecule has 0 aliphatic carbocycles. The fraction of sp³-hybridized carbons (Fsp3) is 0.136. The third-order valence-corrected chi connectivity index (χ3v) is 4.80. The molecule has 4 aromatic rings. The second kappa shape index (κ2) is 8.42. The van der Waals surface area contributed by atoms with Crippen LogP contribution < -0.4 is 15.0 Å². The first-order chi connectivity index (χ1) is 14.5. The molecule has 0 bridgehead atoms. The van der Waals surface area contributed by atoms with Crippen LogP contribution in [0.1, 0.15) is 17.0 Å².